The maximum absolute atomic E-state index is 13.3. The topological polar surface area (TPSA) is 64.0 Å². The Kier molecular flexibility index (Phi) is 5.14. The average Bonchev–Trinajstić information content (AvgIpc) is 2.99. The molecule has 2 atom stereocenters. The molecule has 0 fully saturated rings. The zero-order valence-corrected chi connectivity index (χ0v) is 17.0. The fraction of sp³-hybridized carbons (Fsp3) is 0.294. The lowest BCUT2D eigenvalue weighted by Gasteiger charge is -2.38. The zero-order chi connectivity index (χ0) is 21.0. The molecule has 0 amide bonds. The molecule has 0 bridgehead atoms. The van der Waals surface area contributed by atoms with E-state index in [1.165, 1.54) is 23.9 Å². The lowest BCUT2D eigenvalue weighted by Crippen LogP contribution is -2.41. The second kappa shape index (κ2) is 6.89. The average molecular weight is 452 g/mol. The molecule has 0 radical (unpaired) electrons. The number of benzene rings is 1. The van der Waals surface area contributed by atoms with Crippen LogP contribution in [0, 0.1) is 0 Å². The number of nitrogens with one attached hydrogen (secondary N) is 1. The lowest BCUT2D eigenvalue weighted by atomic mass is 9.87. The van der Waals surface area contributed by atoms with Gasteiger partial charge in [-0.3, -0.25) is 9.00 Å². The summed E-state index contributed by atoms with van der Waals surface area (Å²) in [5.74, 6) is -0.480. The summed E-state index contributed by atoms with van der Waals surface area (Å²) in [6, 6.07) is 1.69. The molecule has 28 heavy (non-hydrogen) atoms. The van der Waals surface area contributed by atoms with E-state index in [2.05, 4.69) is 17.0 Å². The summed E-state index contributed by atoms with van der Waals surface area (Å²) in [6.07, 6.45) is -1.92. The summed E-state index contributed by atoms with van der Waals surface area (Å²) >= 11 is 12.3. The third-order valence-electron chi connectivity index (χ3n) is 4.45. The first kappa shape index (κ1) is 20.9. The van der Waals surface area contributed by atoms with Crippen molar-refractivity contribution in [2.24, 2.45) is 0 Å². The maximum atomic E-state index is 13.3. The molecule has 0 aliphatic carbocycles. The van der Waals surface area contributed by atoms with Crippen LogP contribution in [0.3, 0.4) is 0 Å². The van der Waals surface area contributed by atoms with Crippen LogP contribution in [0.5, 0.6) is 0 Å². The Morgan fingerprint density at radius 1 is 1.46 bits per heavy atom. The third-order valence-corrected chi connectivity index (χ3v) is 6.12. The van der Waals surface area contributed by atoms with Gasteiger partial charge in [0.15, 0.2) is 5.78 Å². The lowest BCUT2D eigenvalue weighted by molar-refractivity contribution is -0.137. The van der Waals surface area contributed by atoms with Crippen molar-refractivity contribution in [2.45, 2.75) is 23.5 Å². The molecule has 150 valence electrons. The molecule has 2 unspecified atom stereocenters. The van der Waals surface area contributed by atoms with Crippen molar-refractivity contribution in [3.8, 4) is 5.69 Å². The molecule has 3 rings (SSSR count). The largest absolute Gasteiger partial charge is 0.416 e. The minimum absolute atomic E-state index is 0.0697. The van der Waals surface area contributed by atoms with E-state index in [9.17, 15) is 22.2 Å². The van der Waals surface area contributed by atoms with Crippen molar-refractivity contribution in [1.82, 2.24) is 9.78 Å². The Labute approximate surface area is 171 Å². The van der Waals surface area contributed by atoms with Gasteiger partial charge in [0.2, 0.25) is 0 Å². The number of alkyl halides is 4. The van der Waals surface area contributed by atoms with Crippen LogP contribution in [0.15, 0.2) is 29.7 Å². The van der Waals surface area contributed by atoms with Gasteiger partial charge in [-0.15, -0.1) is 18.2 Å². The van der Waals surface area contributed by atoms with Crippen molar-refractivity contribution in [2.75, 3.05) is 17.5 Å². The van der Waals surface area contributed by atoms with E-state index in [4.69, 9.17) is 23.2 Å². The van der Waals surface area contributed by atoms with Gasteiger partial charge in [0.25, 0.3) is 0 Å². The molecule has 0 spiro atoms. The molecule has 5 nitrogen and oxygen atoms in total. The number of fused-ring (bicyclic) bond motifs is 3. The van der Waals surface area contributed by atoms with E-state index in [0.29, 0.717) is 0 Å². The number of halogens is 5. The van der Waals surface area contributed by atoms with Gasteiger partial charge in [0.1, 0.15) is 16.4 Å². The highest BCUT2D eigenvalue weighted by molar-refractivity contribution is 7.84. The van der Waals surface area contributed by atoms with Gasteiger partial charge in [-0.1, -0.05) is 17.7 Å². The molecule has 2 heterocycles. The number of hydrogen-bond donors (Lipinski definition) is 1. The molecule has 1 aliphatic heterocycles. The number of ketones is 1. The number of rotatable bonds is 4. The molecule has 2 aromatic rings. The number of anilines is 1. The SMILES string of the molecule is C=CC1(CCl)Nc2c(S(C)=O)c(C(C)=O)nn2-c2c(Cl)cc(C(F)(F)F)cc21. The van der Waals surface area contributed by atoms with E-state index in [-0.39, 0.29) is 38.6 Å². The van der Waals surface area contributed by atoms with E-state index in [1.54, 1.807) is 0 Å². The van der Waals surface area contributed by atoms with Gasteiger partial charge in [-0.2, -0.15) is 18.3 Å². The minimum Gasteiger partial charge on any atom is -0.355 e. The summed E-state index contributed by atoms with van der Waals surface area (Å²) in [6.45, 7) is 4.95. The fourth-order valence-electron chi connectivity index (χ4n) is 3.10. The van der Waals surface area contributed by atoms with Crippen LogP contribution in [0.1, 0.15) is 28.5 Å². The van der Waals surface area contributed by atoms with Crippen LogP contribution in [-0.4, -0.2) is 31.9 Å². The highest BCUT2D eigenvalue weighted by Crippen LogP contribution is 2.46. The van der Waals surface area contributed by atoms with Gasteiger partial charge < -0.3 is 5.32 Å². The van der Waals surface area contributed by atoms with Gasteiger partial charge in [-0.25, -0.2) is 4.68 Å². The molecule has 1 N–H and O–H groups in total. The Morgan fingerprint density at radius 3 is 2.57 bits per heavy atom. The second-order valence-electron chi connectivity index (χ2n) is 6.23. The zero-order valence-electron chi connectivity index (χ0n) is 14.7. The molecule has 11 heteroatoms. The molecule has 1 aromatic heterocycles. The molecular formula is C17H14Cl2F3N3O2S. The molecule has 1 aromatic carbocycles. The van der Waals surface area contributed by atoms with Crippen LogP contribution in [0.25, 0.3) is 5.69 Å². The summed E-state index contributed by atoms with van der Waals surface area (Å²) < 4.78 is 53.5. The van der Waals surface area contributed by atoms with Crippen LogP contribution in [0.2, 0.25) is 5.02 Å². The van der Waals surface area contributed by atoms with Crippen molar-refractivity contribution in [3.63, 3.8) is 0 Å². The highest BCUT2D eigenvalue weighted by atomic mass is 35.5. The first-order valence-corrected chi connectivity index (χ1v) is 10.3. The first-order valence-electron chi connectivity index (χ1n) is 7.83. The summed E-state index contributed by atoms with van der Waals surface area (Å²) in [5.41, 5.74) is -2.17. The molecule has 0 saturated carbocycles. The van der Waals surface area contributed by atoms with Crippen molar-refractivity contribution in [1.29, 1.82) is 0 Å². The van der Waals surface area contributed by atoms with Crippen LogP contribution in [-0.2, 0) is 22.5 Å². The van der Waals surface area contributed by atoms with E-state index >= 15 is 0 Å². The van der Waals surface area contributed by atoms with E-state index in [0.717, 1.165) is 12.1 Å². The first-order chi connectivity index (χ1) is 13.0. The normalized spacial score (nSPS) is 19.4. The summed E-state index contributed by atoms with van der Waals surface area (Å²) in [7, 11) is -1.63. The smallest absolute Gasteiger partial charge is 0.355 e. The number of aromatic nitrogens is 2. The van der Waals surface area contributed by atoms with Crippen LogP contribution in [0.4, 0.5) is 19.0 Å². The Bertz CT molecular complexity index is 1040. The summed E-state index contributed by atoms with van der Waals surface area (Å²) in [5, 5.41) is 6.90. The molecular weight excluding hydrogens is 438 g/mol. The van der Waals surface area contributed by atoms with Gasteiger partial charge in [0.05, 0.1) is 38.5 Å². The van der Waals surface area contributed by atoms with Crippen LogP contribution >= 0.6 is 23.2 Å². The minimum atomic E-state index is -4.64. The predicted octanol–water partition coefficient (Wildman–Crippen LogP) is 4.53. The molecule has 1 aliphatic rings. The monoisotopic (exact) mass is 451 g/mol. The van der Waals surface area contributed by atoms with Crippen molar-refractivity contribution >= 4 is 45.6 Å². The highest BCUT2D eigenvalue weighted by Gasteiger charge is 2.43. The predicted molar refractivity (Wildman–Crippen MR) is 102 cm³/mol. The number of nitrogens with zero attached hydrogens (tertiary/aromatic N) is 2. The summed E-state index contributed by atoms with van der Waals surface area (Å²) in [4.78, 5) is 12.1. The quantitative estimate of drug-likeness (QED) is 0.421. The number of Topliss-reactive ketones (excluding diaryl/α,β-unsaturated/α-hetero) is 1. The second-order valence-corrected chi connectivity index (χ2v) is 8.23. The van der Waals surface area contributed by atoms with Gasteiger partial charge in [-0.05, 0) is 12.1 Å². The van der Waals surface area contributed by atoms with Gasteiger partial charge in [0, 0.05) is 18.7 Å². The Morgan fingerprint density at radius 2 is 2.11 bits per heavy atom. The number of carbonyl (C=O) groups is 1. The molecule has 0 saturated heterocycles. The van der Waals surface area contributed by atoms with E-state index < -0.39 is 33.9 Å². The van der Waals surface area contributed by atoms with Crippen molar-refractivity contribution in [3.05, 3.63) is 46.6 Å². The number of carbonyl (C=O) groups excluding carboxylic acids is 1. The van der Waals surface area contributed by atoms with E-state index in [1.807, 2.05) is 0 Å². The van der Waals surface area contributed by atoms with Crippen LogP contribution < -0.4 is 5.32 Å². The number of hydrogen-bond acceptors (Lipinski definition) is 4. The fourth-order valence-corrected chi connectivity index (χ4v) is 4.58. The maximum Gasteiger partial charge on any atom is 0.416 e. The van der Waals surface area contributed by atoms with Crippen molar-refractivity contribution < 1.29 is 22.2 Å². The Balaban J connectivity index is 2.47. The van der Waals surface area contributed by atoms with Gasteiger partial charge >= 0.3 is 6.18 Å². The third kappa shape index (κ3) is 3.05. The Hall–Kier alpha value is -1.84. The standard InChI is InChI=1S/C17H14Cl2F3N3O2S/c1-4-16(7-18)10-5-9(17(20,21)22)6-11(19)13(10)25-15(23-16)14(28(3)27)12(24-25)8(2)26/h4-6,23H,1,7H2,2-3H3.